The van der Waals surface area contributed by atoms with Crippen LogP contribution in [-0.4, -0.2) is 89.5 Å². The van der Waals surface area contributed by atoms with E-state index < -0.39 is 35.7 Å². The number of nitrogens with one attached hydrogen (secondary N) is 3. The quantitative estimate of drug-likeness (QED) is 0.423. The van der Waals surface area contributed by atoms with E-state index in [1.165, 1.54) is 30.4 Å². The lowest BCUT2D eigenvalue weighted by Crippen LogP contribution is -2.53. The minimum absolute atomic E-state index is 0.0173. The molecule has 3 unspecified atom stereocenters. The number of benzene rings is 1. The Kier molecular flexibility index (Phi) is 7.21. The number of halogens is 2. The topological polar surface area (TPSA) is 123 Å². The number of hydrogen-bond donors (Lipinski definition) is 3. The first-order valence-electron chi connectivity index (χ1n) is 13.6. The maximum Gasteiger partial charge on any atom is 0.407 e. The molecule has 0 aromatic heterocycles. The molecule has 13 heteroatoms. The zero-order valence-corrected chi connectivity index (χ0v) is 22.3. The Morgan fingerprint density at radius 2 is 2.03 bits per heavy atom. The van der Waals surface area contributed by atoms with Crippen molar-refractivity contribution in [3.63, 3.8) is 0 Å². The number of carbonyl (C=O) groups is 4. The third-order valence-electron chi connectivity index (χ3n) is 8.31. The molecule has 5 aliphatic rings. The predicted octanol–water partition coefficient (Wildman–Crippen LogP) is 1.14. The first-order chi connectivity index (χ1) is 18.8. The lowest BCUT2D eigenvalue weighted by molar-refractivity contribution is -0.136. The Morgan fingerprint density at radius 3 is 2.79 bits per heavy atom. The largest absolute Gasteiger partial charge is 0.448 e. The molecule has 4 amide bonds. The van der Waals surface area contributed by atoms with Gasteiger partial charge in [0.05, 0.1) is 11.6 Å². The highest BCUT2D eigenvalue weighted by Crippen LogP contribution is 2.35. The first-order valence-corrected chi connectivity index (χ1v) is 13.9. The number of ether oxygens (including phenoxy) is 1. The Labute approximate surface area is 230 Å². The van der Waals surface area contributed by atoms with E-state index in [9.17, 15) is 19.2 Å². The molecule has 210 valence electrons. The highest BCUT2D eigenvalue weighted by Gasteiger charge is 2.42. The molecule has 0 spiro atoms. The van der Waals surface area contributed by atoms with E-state index in [4.69, 9.17) is 16.3 Å². The number of piperidine rings is 1. The molecule has 6 rings (SSSR count). The summed E-state index contributed by atoms with van der Waals surface area (Å²) in [5.41, 5.74) is 3.55. The van der Waals surface area contributed by atoms with Crippen molar-refractivity contribution in [3.05, 3.63) is 33.6 Å². The number of hydrazine groups is 1. The van der Waals surface area contributed by atoms with E-state index in [-0.39, 0.29) is 60.3 Å². The smallest absolute Gasteiger partial charge is 0.407 e. The van der Waals surface area contributed by atoms with Crippen LogP contribution in [0.4, 0.5) is 9.18 Å². The van der Waals surface area contributed by atoms with E-state index in [0.717, 1.165) is 32.0 Å². The molecule has 11 nitrogen and oxygen atoms in total. The highest BCUT2D eigenvalue weighted by molar-refractivity contribution is 6.32. The zero-order chi connectivity index (χ0) is 27.3. The molecular formula is C26H32ClFN6O5. The first kappa shape index (κ1) is 26.4. The van der Waals surface area contributed by atoms with Gasteiger partial charge in [0, 0.05) is 67.9 Å². The van der Waals surface area contributed by atoms with Gasteiger partial charge >= 0.3 is 6.09 Å². The summed E-state index contributed by atoms with van der Waals surface area (Å²) in [5, 5.41) is 7.17. The predicted molar refractivity (Wildman–Crippen MR) is 137 cm³/mol. The Balaban J connectivity index is 1.01. The van der Waals surface area contributed by atoms with Crippen LogP contribution in [0.3, 0.4) is 0 Å². The van der Waals surface area contributed by atoms with Crippen LogP contribution in [-0.2, 0) is 27.4 Å². The molecule has 1 aliphatic carbocycles. The fourth-order valence-corrected chi connectivity index (χ4v) is 6.36. The number of hydrogen-bond acceptors (Lipinski definition) is 8. The second-order valence-corrected chi connectivity index (χ2v) is 11.6. The van der Waals surface area contributed by atoms with Crippen LogP contribution < -0.4 is 16.1 Å². The highest BCUT2D eigenvalue weighted by atomic mass is 35.5. The third kappa shape index (κ3) is 5.47. The molecule has 3 N–H and O–H groups in total. The van der Waals surface area contributed by atoms with Crippen molar-refractivity contribution in [3.8, 4) is 0 Å². The summed E-state index contributed by atoms with van der Waals surface area (Å²) in [7, 11) is 0. The molecule has 3 atom stereocenters. The molecule has 39 heavy (non-hydrogen) atoms. The SMILES string of the molecule is O=C1CCC(N2Cc3c(Cl)cc(CNC(=O)OCC4CC5CN(CC6CC6)CCN5N4)c(F)c3C2=O)C(=O)N1. The van der Waals surface area contributed by atoms with Crippen molar-refractivity contribution in [1.29, 1.82) is 0 Å². The fourth-order valence-electron chi connectivity index (χ4n) is 6.08. The summed E-state index contributed by atoms with van der Waals surface area (Å²) < 4.78 is 20.8. The third-order valence-corrected chi connectivity index (χ3v) is 8.64. The van der Waals surface area contributed by atoms with E-state index in [0.29, 0.717) is 6.04 Å². The van der Waals surface area contributed by atoms with E-state index in [1.807, 2.05) is 0 Å². The van der Waals surface area contributed by atoms with Crippen molar-refractivity contribution in [1.82, 2.24) is 30.9 Å². The van der Waals surface area contributed by atoms with E-state index >= 15 is 4.39 Å². The lowest BCUT2D eigenvalue weighted by Gasteiger charge is -2.37. The normalized spacial score (nSPS) is 27.4. The zero-order valence-electron chi connectivity index (χ0n) is 21.5. The van der Waals surface area contributed by atoms with Crippen molar-refractivity contribution < 1.29 is 28.3 Å². The summed E-state index contributed by atoms with van der Waals surface area (Å²) >= 11 is 6.38. The van der Waals surface area contributed by atoms with Crippen LogP contribution in [0.25, 0.3) is 0 Å². The van der Waals surface area contributed by atoms with Gasteiger partial charge in [0.1, 0.15) is 18.5 Å². The van der Waals surface area contributed by atoms with Crippen molar-refractivity contribution in [2.45, 2.75) is 63.3 Å². The van der Waals surface area contributed by atoms with Gasteiger partial charge in [-0.1, -0.05) is 11.6 Å². The summed E-state index contributed by atoms with van der Waals surface area (Å²) in [6, 6.07) is 0.916. The number of rotatable bonds is 7. The standard InChI is InChI=1S/C26H32ClFN6O5/c27-19-7-15(23(28)22-18(19)12-33(25(22)37)20-3-4-21(35)30-24(20)36)9-29-26(38)39-13-16-8-17-11-32(10-14-1-2-14)5-6-34(17)31-16/h7,14,16-17,20,31H,1-6,8-13H2,(H,29,38)(H,30,35,36). The second kappa shape index (κ2) is 10.6. The molecular weight excluding hydrogens is 531 g/mol. The molecule has 4 fully saturated rings. The van der Waals surface area contributed by atoms with Crippen LogP contribution in [0.5, 0.6) is 0 Å². The number of amides is 4. The van der Waals surface area contributed by atoms with Gasteiger partial charge < -0.3 is 19.9 Å². The molecule has 4 aliphatic heterocycles. The number of alkyl carbamates (subject to hydrolysis) is 1. The molecule has 1 saturated carbocycles. The van der Waals surface area contributed by atoms with Gasteiger partial charge in [-0.2, -0.15) is 0 Å². The minimum atomic E-state index is -0.875. The van der Waals surface area contributed by atoms with Gasteiger partial charge in [0.25, 0.3) is 5.91 Å². The number of piperazine rings is 1. The van der Waals surface area contributed by atoms with Gasteiger partial charge in [0.15, 0.2) is 0 Å². The van der Waals surface area contributed by atoms with Crippen molar-refractivity contribution >= 4 is 35.4 Å². The average Bonchev–Trinajstić information content (AvgIpc) is 3.51. The van der Waals surface area contributed by atoms with Crippen molar-refractivity contribution in [2.24, 2.45) is 5.92 Å². The maximum absolute atomic E-state index is 15.4. The Morgan fingerprint density at radius 1 is 1.21 bits per heavy atom. The number of carbonyl (C=O) groups excluding carboxylic acids is 4. The number of imide groups is 1. The molecule has 1 aromatic rings. The average molecular weight is 563 g/mol. The second-order valence-electron chi connectivity index (χ2n) is 11.1. The summed E-state index contributed by atoms with van der Waals surface area (Å²) in [6.07, 6.45) is 3.13. The van der Waals surface area contributed by atoms with Gasteiger partial charge in [-0.05, 0) is 37.7 Å². The van der Waals surface area contributed by atoms with E-state index in [1.54, 1.807) is 0 Å². The minimum Gasteiger partial charge on any atom is -0.448 e. The molecule has 1 aromatic carbocycles. The van der Waals surface area contributed by atoms with Crippen molar-refractivity contribution in [2.75, 3.05) is 32.8 Å². The lowest BCUT2D eigenvalue weighted by atomic mass is 10.0. The molecule has 0 bridgehead atoms. The summed E-state index contributed by atoms with van der Waals surface area (Å²) in [5.74, 6) is -1.58. The van der Waals surface area contributed by atoms with E-state index in [2.05, 4.69) is 26.0 Å². The monoisotopic (exact) mass is 562 g/mol. The molecule has 0 radical (unpaired) electrons. The van der Waals surface area contributed by atoms with Crippen LogP contribution in [0.1, 0.15) is 53.6 Å². The maximum atomic E-state index is 15.4. The van der Waals surface area contributed by atoms with Crippen LogP contribution >= 0.6 is 11.6 Å². The molecule has 4 heterocycles. The number of fused-ring (bicyclic) bond motifs is 2. The summed E-state index contributed by atoms with van der Waals surface area (Å²) in [6.45, 7) is 4.12. The van der Waals surface area contributed by atoms with Crippen LogP contribution in [0, 0.1) is 11.7 Å². The fraction of sp³-hybridized carbons (Fsp3) is 0.615. The van der Waals surface area contributed by atoms with Gasteiger partial charge in [-0.3, -0.25) is 19.7 Å². The number of nitrogens with zero attached hydrogens (tertiary/aromatic N) is 3. The Hall–Kier alpha value is -2.80. The van der Waals surface area contributed by atoms with Gasteiger partial charge in [-0.15, -0.1) is 0 Å². The van der Waals surface area contributed by atoms with Gasteiger partial charge in [-0.25, -0.2) is 19.6 Å². The van der Waals surface area contributed by atoms with Crippen LogP contribution in [0.15, 0.2) is 6.07 Å². The summed E-state index contributed by atoms with van der Waals surface area (Å²) in [4.78, 5) is 53.0. The van der Waals surface area contributed by atoms with Crippen LogP contribution in [0.2, 0.25) is 5.02 Å². The molecule has 3 saturated heterocycles. The Bertz CT molecular complexity index is 1210. The van der Waals surface area contributed by atoms with Gasteiger partial charge in [0.2, 0.25) is 11.8 Å².